The third-order valence-corrected chi connectivity index (χ3v) is 8.47. The highest BCUT2D eigenvalue weighted by atomic mass is 32.2. The van der Waals surface area contributed by atoms with Crippen molar-refractivity contribution < 1.29 is 22.6 Å². The van der Waals surface area contributed by atoms with E-state index in [4.69, 9.17) is 15.2 Å². The van der Waals surface area contributed by atoms with Gasteiger partial charge in [0.2, 0.25) is 0 Å². The second-order valence-electron chi connectivity index (χ2n) is 9.33. The Kier molecular flexibility index (Phi) is 7.46. The van der Waals surface area contributed by atoms with Crippen LogP contribution in [-0.2, 0) is 6.42 Å². The molecule has 1 aliphatic rings. The topological polar surface area (TPSA) is 66.5 Å². The van der Waals surface area contributed by atoms with Crippen LogP contribution in [0.1, 0.15) is 34.3 Å². The van der Waals surface area contributed by atoms with E-state index in [-0.39, 0.29) is 28.9 Å². The Balaban J connectivity index is 1.74. The van der Waals surface area contributed by atoms with E-state index >= 15 is 4.39 Å². The van der Waals surface area contributed by atoms with Crippen molar-refractivity contribution in [2.24, 2.45) is 5.73 Å². The van der Waals surface area contributed by atoms with Crippen LogP contribution in [0.25, 0.3) is 11.1 Å². The molecule has 2 atom stereocenters. The van der Waals surface area contributed by atoms with Crippen LogP contribution in [0.2, 0.25) is 0 Å². The third-order valence-electron chi connectivity index (χ3n) is 7.24. The minimum absolute atomic E-state index is 0.0145. The number of halogens is 3. The number of benzene rings is 3. The first-order chi connectivity index (χ1) is 18.8. The number of fused-ring (bicyclic) bond motifs is 1. The summed E-state index contributed by atoms with van der Waals surface area (Å²) >= 11 is 1.40. The molecule has 0 spiro atoms. The van der Waals surface area contributed by atoms with Crippen LogP contribution >= 0.6 is 11.8 Å². The van der Waals surface area contributed by atoms with Gasteiger partial charge in [0.1, 0.15) is 17.4 Å². The fourth-order valence-electron chi connectivity index (χ4n) is 5.10. The van der Waals surface area contributed by atoms with Gasteiger partial charge in [0.25, 0.3) is 5.56 Å². The molecule has 0 saturated carbocycles. The standard InChI is InChI=1S/C30H27F3N2O3S/c1-16-20(14-21-22(31)7-5-8-23(21)32)30-35(29(36)26(16)19-6-4-9-25(38-3)27(19)33)24(15-39-30)28(34)17-10-12-18(37-2)13-11-17/h4-13,24,28H,14-15,34H2,1-3H3. The molecule has 9 heteroatoms. The summed E-state index contributed by atoms with van der Waals surface area (Å²) in [6.45, 7) is 1.68. The number of hydrogen-bond donors (Lipinski definition) is 1. The zero-order valence-electron chi connectivity index (χ0n) is 21.6. The number of pyridine rings is 1. The number of thioether (sulfide) groups is 1. The van der Waals surface area contributed by atoms with Crippen molar-refractivity contribution in [3.8, 4) is 22.6 Å². The smallest absolute Gasteiger partial charge is 0.260 e. The van der Waals surface area contributed by atoms with Crippen molar-refractivity contribution in [1.82, 2.24) is 4.57 Å². The van der Waals surface area contributed by atoms with Crippen molar-refractivity contribution in [3.63, 3.8) is 0 Å². The molecule has 0 amide bonds. The number of aromatic nitrogens is 1. The van der Waals surface area contributed by atoms with Gasteiger partial charge in [0, 0.05) is 23.3 Å². The molecule has 3 aromatic carbocycles. The molecule has 5 nitrogen and oxygen atoms in total. The van der Waals surface area contributed by atoms with Crippen LogP contribution in [0.3, 0.4) is 0 Å². The minimum Gasteiger partial charge on any atom is -0.497 e. The van der Waals surface area contributed by atoms with Gasteiger partial charge in [-0.25, -0.2) is 13.2 Å². The molecule has 202 valence electrons. The molecule has 4 aromatic rings. The van der Waals surface area contributed by atoms with E-state index in [2.05, 4.69) is 0 Å². The maximum Gasteiger partial charge on any atom is 0.260 e. The molecule has 2 unspecified atom stereocenters. The Bertz CT molecular complexity index is 1580. The lowest BCUT2D eigenvalue weighted by molar-refractivity contribution is 0.387. The highest BCUT2D eigenvalue weighted by molar-refractivity contribution is 7.99. The van der Waals surface area contributed by atoms with Gasteiger partial charge in [-0.15, -0.1) is 11.8 Å². The molecule has 1 aliphatic heterocycles. The van der Waals surface area contributed by atoms with E-state index in [1.54, 1.807) is 36.8 Å². The lowest BCUT2D eigenvalue weighted by atomic mass is 9.93. The van der Waals surface area contributed by atoms with Crippen LogP contribution in [0.4, 0.5) is 13.2 Å². The molecule has 0 radical (unpaired) electrons. The number of ether oxygens (including phenoxy) is 2. The maximum absolute atomic E-state index is 15.5. The SMILES string of the molecule is COc1ccc(C(N)C2CSc3c(Cc4c(F)cccc4F)c(C)c(-c4cccc(OC)c4F)c(=O)n32)cc1. The molecular weight excluding hydrogens is 525 g/mol. The van der Waals surface area contributed by atoms with E-state index in [0.29, 0.717) is 27.7 Å². The molecule has 0 saturated heterocycles. The number of nitrogens with zero attached hydrogens (tertiary/aromatic N) is 1. The Labute approximate surface area is 228 Å². The predicted molar refractivity (Wildman–Crippen MR) is 146 cm³/mol. The monoisotopic (exact) mass is 552 g/mol. The van der Waals surface area contributed by atoms with Crippen LogP contribution in [0, 0.1) is 24.4 Å². The van der Waals surface area contributed by atoms with Crippen molar-refractivity contribution in [2.75, 3.05) is 20.0 Å². The quantitative estimate of drug-likeness (QED) is 0.296. The first-order valence-electron chi connectivity index (χ1n) is 12.3. The third kappa shape index (κ3) is 4.70. The lowest BCUT2D eigenvalue weighted by Gasteiger charge is -2.25. The number of rotatable bonds is 7. The van der Waals surface area contributed by atoms with Crippen LogP contribution in [-0.4, -0.2) is 24.5 Å². The summed E-state index contributed by atoms with van der Waals surface area (Å²) in [6.07, 6.45) is -0.115. The van der Waals surface area contributed by atoms with Gasteiger partial charge in [-0.05, 0) is 53.9 Å². The minimum atomic E-state index is -0.692. The van der Waals surface area contributed by atoms with Gasteiger partial charge in [0.05, 0.1) is 36.9 Å². The zero-order valence-corrected chi connectivity index (χ0v) is 22.5. The van der Waals surface area contributed by atoms with E-state index in [9.17, 15) is 13.6 Å². The zero-order chi connectivity index (χ0) is 27.8. The first kappa shape index (κ1) is 26.9. The molecule has 2 N–H and O–H groups in total. The molecule has 0 fully saturated rings. The molecule has 0 bridgehead atoms. The molecule has 0 aliphatic carbocycles. The normalized spacial score (nSPS) is 15.2. The van der Waals surface area contributed by atoms with Gasteiger partial charge in [0.15, 0.2) is 11.6 Å². The van der Waals surface area contributed by atoms with Crippen LogP contribution < -0.4 is 20.8 Å². The van der Waals surface area contributed by atoms with Gasteiger partial charge >= 0.3 is 0 Å². The average Bonchev–Trinajstić information content (AvgIpc) is 3.38. The highest BCUT2D eigenvalue weighted by Gasteiger charge is 2.35. The fourth-order valence-corrected chi connectivity index (χ4v) is 6.55. The van der Waals surface area contributed by atoms with Crippen molar-refractivity contribution in [2.45, 2.75) is 30.5 Å². The summed E-state index contributed by atoms with van der Waals surface area (Å²) in [5, 5.41) is 0.571. The Hall–Kier alpha value is -3.69. The predicted octanol–water partition coefficient (Wildman–Crippen LogP) is 6.20. The van der Waals surface area contributed by atoms with Crippen molar-refractivity contribution in [1.29, 1.82) is 0 Å². The summed E-state index contributed by atoms with van der Waals surface area (Å²) in [5.41, 5.74) is 8.10. The second kappa shape index (κ2) is 10.8. The largest absolute Gasteiger partial charge is 0.497 e. The fraction of sp³-hybridized carbons (Fsp3) is 0.233. The molecule has 39 heavy (non-hydrogen) atoms. The van der Waals surface area contributed by atoms with Gasteiger partial charge in [-0.1, -0.05) is 30.3 Å². The Morgan fingerprint density at radius 3 is 2.28 bits per heavy atom. The highest BCUT2D eigenvalue weighted by Crippen LogP contribution is 2.44. The average molecular weight is 553 g/mol. The summed E-state index contributed by atoms with van der Waals surface area (Å²) in [6, 6.07) is 14.5. The van der Waals surface area contributed by atoms with Crippen molar-refractivity contribution >= 4 is 11.8 Å². The molecule has 5 rings (SSSR count). The second-order valence-corrected chi connectivity index (χ2v) is 10.3. The van der Waals surface area contributed by atoms with Crippen LogP contribution in [0.15, 0.2) is 70.5 Å². The van der Waals surface area contributed by atoms with Gasteiger partial charge in [-0.3, -0.25) is 9.36 Å². The van der Waals surface area contributed by atoms with E-state index in [0.717, 1.165) is 5.56 Å². The number of methoxy groups -OCH3 is 2. The molecule has 2 heterocycles. The number of hydrogen-bond acceptors (Lipinski definition) is 5. The Morgan fingerprint density at radius 2 is 1.64 bits per heavy atom. The lowest BCUT2D eigenvalue weighted by Crippen LogP contribution is -2.33. The summed E-state index contributed by atoms with van der Waals surface area (Å²) in [5.74, 6) is -0.959. The van der Waals surface area contributed by atoms with Gasteiger partial charge < -0.3 is 15.2 Å². The number of nitrogens with two attached hydrogens (primary N) is 1. The maximum atomic E-state index is 15.5. The van der Waals surface area contributed by atoms with E-state index < -0.39 is 35.1 Å². The van der Waals surface area contributed by atoms with Gasteiger partial charge in [-0.2, -0.15) is 0 Å². The summed E-state index contributed by atoms with van der Waals surface area (Å²) in [4.78, 5) is 14.1. The summed E-state index contributed by atoms with van der Waals surface area (Å²) in [7, 11) is 2.91. The molecule has 1 aromatic heterocycles. The summed E-state index contributed by atoms with van der Waals surface area (Å²) < 4.78 is 57.0. The van der Waals surface area contributed by atoms with Crippen LogP contribution in [0.5, 0.6) is 11.5 Å². The van der Waals surface area contributed by atoms with Crippen molar-refractivity contribution in [3.05, 3.63) is 111 Å². The van der Waals surface area contributed by atoms with E-state index in [1.807, 2.05) is 12.1 Å². The molecular formula is C30H27F3N2O3S. The first-order valence-corrected chi connectivity index (χ1v) is 13.3. The van der Waals surface area contributed by atoms with E-state index in [1.165, 1.54) is 49.2 Å². The Morgan fingerprint density at radius 1 is 0.974 bits per heavy atom.